The fourth-order valence-corrected chi connectivity index (χ4v) is 10.6. The lowest BCUT2D eigenvalue weighted by molar-refractivity contribution is 0.346. The van der Waals surface area contributed by atoms with Crippen LogP contribution in [0.5, 0.6) is 0 Å². The third kappa shape index (κ3) is 5.28. The predicted molar refractivity (Wildman–Crippen MR) is 265 cm³/mol. The van der Waals surface area contributed by atoms with Gasteiger partial charge in [0.15, 0.2) is 0 Å². The maximum Gasteiger partial charge on any atom is 0.138 e. The lowest BCUT2D eigenvalue weighted by Gasteiger charge is -2.38. The minimum absolute atomic E-state index is 0.104. The van der Waals surface area contributed by atoms with Crippen LogP contribution < -0.4 is 16.0 Å². The van der Waals surface area contributed by atoms with Crippen LogP contribution in [0.25, 0.3) is 48.7 Å². The van der Waals surface area contributed by atoms with Crippen molar-refractivity contribution < 1.29 is 10.2 Å². The van der Waals surface area contributed by atoms with Gasteiger partial charge >= 0.3 is 0 Å². The van der Waals surface area contributed by atoms with Crippen molar-refractivity contribution in [3.63, 3.8) is 0 Å². The quantitative estimate of drug-likeness (QED) is 0.118. The van der Waals surface area contributed by atoms with E-state index in [1.807, 2.05) is 48.5 Å². The van der Waals surface area contributed by atoms with Gasteiger partial charge in [-0.3, -0.25) is 0 Å². The van der Waals surface area contributed by atoms with Crippen molar-refractivity contribution in [2.75, 3.05) is 10.6 Å². The zero-order valence-electron chi connectivity index (χ0n) is 34.6. The van der Waals surface area contributed by atoms with Crippen LogP contribution in [0.1, 0.15) is 22.3 Å². The summed E-state index contributed by atoms with van der Waals surface area (Å²) in [6.07, 6.45) is 10.4. The van der Waals surface area contributed by atoms with Crippen molar-refractivity contribution in [3.8, 4) is 0 Å². The van der Waals surface area contributed by atoms with Crippen LogP contribution in [0.2, 0.25) is 0 Å². The van der Waals surface area contributed by atoms with Crippen molar-refractivity contribution in [3.05, 3.63) is 232 Å². The molecular formula is C57H36N6O2. The van der Waals surface area contributed by atoms with Gasteiger partial charge in [0, 0.05) is 67.5 Å². The minimum atomic E-state index is -0.298. The highest BCUT2D eigenvalue weighted by molar-refractivity contribution is 6.24. The fourth-order valence-electron chi connectivity index (χ4n) is 10.6. The highest BCUT2D eigenvalue weighted by atomic mass is 16.3. The van der Waals surface area contributed by atoms with Gasteiger partial charge in [-0.15, -0.1) is 0 Å². The molecule has 0 fully saturated rings. The number of anilines is 2. The molecular weight excluding hydrogens is 801 g/mol. The molecule has 5 N–H and O–H groups in total. The average molecular weight is 837 g/mol. The average Bonchev–Trinajstić information content (AvgIpc) is 3.35. The molecule has 0 saturated carbocycles. The molecule has 2 atom stereocenters. The zero-order valence-corrected chi connectivity index (χ0v) is 34.6. The van der Waals surface area contributed by atoms with Gasteiger partial charge in [0.1, 0.15) is 29.0 Å². The molecule has 8 aromatic rings. The lowest BCUT2D eigenvalue weighted by Crippen LogP contribution is -2.36. The third-order valence-electron chi connectivity index (χ3n) is 13.7. The molecule has 0 amide bonds. The van der Waals surface area contributed by atoms with Crippen LogP contribution >= 0.6 is 0 Å². The number of allylic oxidation sites excluding steroid dienone is 8. The van der Waals surface area contributed by atoms with Crippen LogP contribution in [-0.2, 0) is 0 Å². The van der Waals surface area contributed by atoms with Crippen LogP contribution in [0.15, 0.2) is 225 Å². The molecule has 0 aromatic heterocycles. The van der Waals surface area contributed by atoms with Crippen molar-refractivity contribution in [1.29, 1.82) is 0 Å². The monoisotopic (exact) mass is 836 g/mol. The van der Waals surface area contributed by atoms with E-state index in [-0.39, 0.29) is 23.4 Å². The number of aliphatic imine (C=N–C) groups is 3. The Hall–Kier alpha value is -8.75. The second kappa shape index (κ2) is 13.4. The first-order chi connectivity index (χ1) is 32.0. The second-order valence-corrected chi connectivity index (χ2v) is 17.3. The van der Waals surface area contributed by atoms with Gasteiger partial charge in [0.25, 0.3) is 0 Å². The van der Waals surface area contributed by atoms with Crippen molar-refractivity contribution in [1.82, 2.24) is 5.32 Å². The topological polar surface area (TPSA) is 114 Å². The Balaban J connectivity index is 0.776. The highest BCUT2D eigenvalue weighted by Gasteiger charge is 2.43. The fraction of sp³-hybridized carbons (Fsp3) is 0.0351. The number of nitrogens with zero attached hydrogens (tertiary/aromatic N) is 3. The van der Waals surface area contributed by atoms with Crippen LogP contribution in [0.3, 0.4) is 0 Å². The molecule has 3 aliphatic carbocycles. The summed E-state index contributed by atoms with van der Waals surface area (Å²) < 4.78 is 0. The number of aliphatic hydroxyl groups is 2. The third-order valence-corrected chi connectivity index (χ3v) is 13.7. The molecule has 6 aliphatic rings. The zero-order chi connectivity index (χ0) is 42.9. The SMILES string of the molecule is OC1=C(c2ccc3c4c(cccc24)N=C(c2ccc4ccccc4c2)N3)C(O)=C1C1C=CC2=C3C(=CC=CC31)NC(c1ccc3c4c(cccc14)N=C(c1ccc4ccccc4c1)N3)=N2. The molecule has 2 unspecified atom stereocenters. The summed E-state index contributed by atoms with van der Waals surface area (Å²) in [5.74, 6) is 2.10. The number of hydrogen-bond acceptors (Lipinski definition) is 8. The molecule has 0 bridgehead atoms. The Morgan fingerprint density at radius 1 is 0.462 bits per heavy atom. The number of fused-ring (bicyclic) bond motifs is 2. The summed E-state index contributed by atoms with van der Waals surface area (Å²) in [4.78, 5) is 15.4. The Labute approximate surface area is 372 Å². The number of benzene rings is 8. The van der Waals surface area contributed by atoms with Crippen molar-refractivity contribution in [2.24, 2.45) is 26.8 Å². The molecule has 306 valence electrons. The summed E-state index contributed by atoms with van der Waals surface area (Å²) in [5.41, 5.74) is 11.2. The van der Waals surface area contributed by atoms with E-state index in [0.717, 1.165) is 106 Å². The van der Waals surface area contributed by atoms with E-state index in [2.05, 4.69) is 143 Å². The number of nitrogens with one attached hydrogen (secondary N) is 3. The van der Waals surface area contributed by atoms with Crippen molar-refractivity contribution in [2.45, 2.75) is 0 Å². The number of hydrogen-bond donors (Lipinski definition) is 5. The van der Waals surface area contributed by atoms with Crippen LogP contribution in [-0.4, -0.2) is 27.7 Å². The van der Waals surface area contributed by atoms with Gasteiger partial charge in [-0.25, -0.2) is 15.0 Å². The van der Waals surface area contributed by atoms with Gasteiger partial charge in [-0.1, -0.05) is 121 Å². The van der Waals surface area contributed by atoms with E-state index in [1.54, 1.807) is 0 Å². The summed E-state index contributed by atoms with van der Waals surface area (Å²) in [6, 6.07) is 50.0. The largest absolute Gasteiger partial charge is 0.507 e. The first-order valence-electron chi connectivity index (χ1n) is 21.9. The smallest absolute Gasteiger partial charge is 0.138 e. The van der Waals surface area contributed by atoms with Crippen LogP contribution in [0, 0.1) is 11.8 Å². The standard InChI is InChI=1S/C57H36N6O2/c64-53-51(39-22-25-45-48-36(39)12-5-15-42(48)58-55(60-45)34-20-18-30-8-1-3-10-32(30)28-34)54(65)52(53)40-23-26-47-49-37(40)13-6-17-44(49)62-57(63-47)41-24-27-46-50-38(41)14-7-16-43(50)59-56(61-46)35-21-19-31-9-2-4-11-33(31)29-35/h1-29,37,40,64-65H,(H,58,60)(H,59,61)(H,62,63). The van der Waals surface area contributed by atoms with Gasteiger partial charge in [0.05, 0.1) is 22.6 Å². The number of aliphatic hydroxyl groups excluding tert-OH is 2. The van der Waals surface area contributed by atoms with E-state index in [0.29, 0.717) is 11.1 Å². The van der Waals surface area contributed by atoms with Gasteiger partial charge in [-0.05, 0) is 92.5 Å². The molecule has 8 aromatic carbocycles. The van der Waals surface area contributed by atoms with E-state index < -0.39 is 0 Å². The molecule has 0 saturated heterocycles. The number of amidine groups is 3. The molecule has 3 heterocycles. The molecule has 0 spiro atoms. The van der Waals surface area contributed by atoms with Gasteiger partial charge in [-0.2, -0.15) is 0 Å². The summed E-state index contributed by atoms with van der Waals surface area (Å²) in [5, 5.41) is 43.4. The molecule has 65 heavy (non-hydrogen) atoms. The Morgan fingerprint density at radius 3 is 1.68 bits per heavy atom. The molecule has 0 radical (unpaired) electrons. The summed E-state index contributed by atoms with van der Waals surface area (Å²) in [7, 11) is 0. The Morgan fingerprint density at radius 2 is 1.05 bits per heavy atom. The van der Waals surface area contributed by atoms with E-state index >= 15 is 0 Å². The van der Waals surface area contributed by atoms with E-state index in [9.17, 15) is 10.2 Å². The molecule has 3 aliphatic heterocycles. The predicted octanol–water partition coefficient (Wildman–Crippen LogP) is 13.0. The van der Waals surface area contributed by atoms with Crippen LogP contribution in [0.4, 0.5) is 22.7 Å². The minimum Gasteiger partial charge on any atom is -0.507 e. The molecule has 8 heteroatoms. The maximum absolute atomic E-state index is 11.9. The van der Waals surface area contributed by atoms with E-state index in [1.165, 1.54) is 16.2 Å². The van der Waals surface area contributed by atoms with Gasteiger partial charge < -0.3 is 26.2 Å². The first-order valence-corrected chi connectivity index (χ1v) is 21.9. The second-order valence-electron chi connectivity index (χ2n) is 17.3. The molecule has 14 rings (SSSR count). The first kappa shape index (κ1) is 35.8. The summed E-state index contributed by atoms with van der Waals surface area (Å²) >= 11 is 0. The highest BCUT2D eigenvalue weighted by Crippen LogP contribution is 2.52. The normalized spacial score (nSPS) is 19.0. The van der Waals surface area contributed by atoms with Gasteiger partial charge in [0.2, 0.25) is 0 Å². The number of rotatable bonds is 5. The summed E-state index contributed by atoms with van der Waals surface area (Å²) in [6.45, 7) is 0. The maximum atomic E-state index is 11.9. The molecule has 8 nitrogen and oxygen atoms in total. The Kier molecular flexibility index (Phi) is 7.37. The van der Waals surface area contributed by atoms with Crippen molar-refractivity contribution >= 4 is 88.9 Å². The lowest BCUT2D eigenvalue weighted by atomic mass is 9.69. The van der Waals surface area contributed by atoms with E-state index in [4.69, 9.17) is 15.0 Å². The Bertz CT molecular complexity index is 3840.